The molecule has 0 radical (unpaired) electrons. The molecule has 1 saturated heterocycles. The van der Waals surface area contributed by atoms with Crippen molar-refractivity contribution in [3.05, 3.63) is 65.6 Å². The minimum absolute atomic E-state index is 0.0216. The fraction of sp³-hybridized carbons (Fsp3) is 0.238. The van der Waals surface area contributed by atoms with Gasteiger partial charge in [-0.1, -0.05) is 0 Å². The Hall–Kier alpha value is -4.34. The molecule has 1 aromatic carbocycles. The topological polar surface area (TPSA) is 117 Å². The van der Waals surface area contributed by atoms with Gasteiger partial charge in [-0.25, -0.2) is 24.4 Å². The monoisotopic (exact) mass is 527 g/mol. The van der Waals surface area contributed by atoms with Crippen LogP contribution in [0.15, 0.2) is 48.9 Å². The molecular formula is C21H15F6N7O3. The lowest BCUT2D eigenvalue weighted by atomic mass is 10.0. The molecule has 1 aliphatic rings. The molecule has 3 amide bonds. The van der Waals surface area contributed by atoms with Gasteiger partial charge in [0.05, 0.1) is 37.0 Å². The van der Waals surface area contributed by atoms with E-state index in [9.17, 15) is 41.0 Å². The molecule has 0 bridgehead atoms. The van der Waals surface area contributed by atoms with Gasteiger partial charge in [-0.3, -0.25) is 14.6 Å². The first-order valence-corrected chi connectivity index (χ1v) is 10.3. The van der Waals surface area contributed by atoms with Gasteiger partial charge in [0.2, 0.25) is 0 Å². The number of aliphatic hydroxyl groups excluding tert-OH is 1. The molecule has 0 saturated carbocycles. The van der Waals surface area contributed by atoms with Crippen LogP contribution >= 0.6 is 0 Å². The van der Waals surface area contributed by atoms with E-state index in [2.05, 4.69) is 20.1 Å². The summed E-state index contributed by atoms with van der Waals surface area (Å²) in [4.78, 5) is 38.8. The first kappa shape index (κ1) is 25.7. The number of benzene rings is 1. The summed E-state index contributed by atoms with van der Waals surface area (Å²) in [6, 6.07) is 0.141. The molecule has 194 valence electrons. The maximum atomic E-state index is 13.2. The number of carbonyl (C=O) groups is 2. The molecule has 0 unspecified atom stereocenters. The van der Waals surface area contributed by atoms with Crippen LogP contribution in [0.2, 0.25) is 0 Å². The first-order chi connectivity index (χ1) is 17.4. The lowest BCUT2D eigenvalue weighted by molar-refractivity contribution is -0.143. The molecule has 4 rings (SSSR count). The molecule has 37 heavy (non-hydrogen) atoms. The number of aliphatic hydroxyl groups is 1. The Balaban J connectivity index is 1.73. The summed E-state index contributed by atoms with van der Waals surface area (Å²) < 4.78 is 80.1. The standard InChI is InChI=1S/C21H15F6N7O3/c22-20(23,24)14-3-13(4-15(5-14)21(25,26)27)17-30-11-32(31-17)9-16-18(36)33(1-2-35)19(37)34(16)8-12-6-28-10-29-7-12/h3-7,9-11,35H,1-2,8H2/b16-9-. The fourth-order valence-corrected chi connectivity index (χ4v) is 3.44. The second-order valence-corrected chi connectivity index (χ2v) is 7.65. The number of amides is 3. The Kier molecular flexibility index (Phi) is 6.68. The third-order valence-corrected chi connectivity index (χ3v) is 5.10. The van der Waals surface area contributed by atoms with Crippen LogP contribution in [0.3, 0.4) is 0 Å². The van der Waals surface area contributed by atoms with Gasteiger partial charge in [-0.2, -0.15) is 26.3 Å². The molecule has 2 aromatic heterocycles. The Morgan fingerprint density at radius 3 is 2.11 bits per heavy atom. The highest BCUT2D eigenvalue weighted by molar-refractivity contribution is 6.13. The van der Waals surface area contributed by atoms with Crippen molar-refractivity contribution in [1.29, 1.82) is 0 Å². The van der Waals surface area contributed by atoms with E-state index in [1.807, 2.05) is 0 Å². The summed E-state index contributed by atoms with van der Waals surface area (Å²) in [5.74, 6) is -1.30. The van der Waals surface area contributed by atoms with Crippen LogP contribution < -0.4 is 0 Å². The van der Waals surface area contributed by atoms with Crippen LogP contribution in [0.1, 0.15) is 16.7 Å². The van der Waals surface area contributed by atoms with E-state index >= 15 is 0 Å². The van der Waals surface area contributed by atoms with E-state index in [0.29, 0.717) is 17.7 Å². The third-order valence-electron chi connectivity index (χ3n) is 5.10. The highest BCUT2D eigenvalue weighted by Crippen LogP contribution is 2.38. The molecule has 0 aliphatic carbocycles. The lowest BCUT2D eigenvalue weighted by Crippen LogP contribution is -2.34. The molecule has 3 aromatic rings. The average molecular weight is 527 g/mol. The molecular weight excluding hydrogens is 512 g/mol. The number of imide groups is 1. The quantitative estimate of drug-likeness (QED) is 0.298. The van der Waals surface area contributed by atoms with E-state index in [1.54, 1.807) is 0 Å². The van der Waals surface area contributed by atoms with Crippen molar-refractivity contribution < 1.29 is 41.0 Å². The molecule has 3 heterocycles. The van der Waals surface area contributed by atoms with E-state index < -0.39 is 53.4 Å². The summed E-state index contributed by atoms with van der Waals surface area (Å²) in [6.07, 6.45) is -4.08. The summed E-state index contributed by atoms with van der Waals surface area (Å²) in [5.41, 5.74) is -3.44. The molecule has 0 atom stereocenters. The number of hydrogen-bond donors (Lipinski definition) is 1. The molecule has 1 N–H and O–H groups in total. The zero-order valence-electron chi connectivity index (χ0n) is 18.4. The van der Waals surface area contributed by atoms with Crippen molar-refractivity contribution >= 4 is 18.1 Å². The van der Waals surface area contributed by atoms with Crippen molar-refractivity contribution in [2.24, 2.45) is 0 Å². The number of halogens is 6. The van der Waals surface area contributed by atoms with Crippen molar-refractivity contribution in [2.45, 2.75) is 18.9 Å². The first-order valence-electron chi connectivity index (χ1n) is 10.3. The Morgan fingerprint density at radius 2 is 1.54 bits per heavy atom. The van der Waals surface area contributed by atoms with Crippen LogP contribution in [0.25, 0.3) is 17.6 Å². The molecule has 1 fully saturated rings. The van der Waals surface area contributed by atoms with Crippen LogP contribution in [-0.4, -0.2) is 64.7 Å². The number of hydrogen-bond acceptors (Lipinski definition) is 7. The van der Waals surface area contributed by atoms with Crippen molar-refractivity contribution in [2.75, 3.05) is 13.2 Å². The van der Waals surface area contributed by atoms with E-state index in [0.717, 1.165) is 27.0 Å². The molecule has 16 heteroatoms. The summed E-state index contributed by atoms with van der Waals surface area (Å²) >= 11 is 0. The second kappa shape index (κ2) is 9.61. The molecule has 1 aliphatic heterocycles. The van der Waals surface area contributed by atoms with Gasteiger partial charge in [-0.15, -0.1) is 5.10 Å². The number of nitrogens with zero attached hydrogens (tertiary/aromatic N) is 7. The van der Waals surface area contributed by atoms with Crippen LogP contribution in [0.4, 0.5) is 31.1 Å². The zero-order valence-corrected chi connectivity index (χ0v) is 18.4. The highest BCUT2D eigenvalue weighted by atomic mass is 19.4. The van der Waals surface area contributed by atoms with Gasteiger partial charge in [0, 0.05) is 23.5 Å². The predicted molar refractivity (Wildman–Crippen MR) is 112 cm³/mol. The average Bonchev–Trinajstić information content (AvgIpc) is 3.39. The third kappa shape index (κ3) is 5.42. The number of urea groups is 1. The number of aromatic nitrogens is 5. The maximum Gasteiger partial charge on any atom is 0.416 e. The largest absolute Gasteiger partial charge is 0.416 e. The van der Waals surface area contributed by atoms with Crippen molar-refractivity contribution in [3.63, 3.8) is 0 Å². The van der Waals surface area contributed by atoms with Gasteiger partial charge in [0.25, 0.3) is 5.91 Å². The van der Waals surface area contributed by atoms with Gasteiger partial charge in [0.1, 0.15) is 18.4 Å². The number of rotatable bonds is 6. The number of alkyl halides is 6. The zero-order chi connectivity index (χ0) is 27.0. The van der Waals surface area contributed by atoms with E-state index in [4.69, 9.17) is 0 Å². The second-order valence-electron chi connectivity index (χ2n) is 7.65. The predicted octanol–water partition coefficient (Wildman–Crippen LogP) is 3.03. The Morgan fingerprint density at radius 1 is 0.919 bits per heavy atom. The maximum absolute atomic E-state index is 13.2. The number of carbonyl (C=O) groups excluding carboxylic acids is 2. The molecule has 0 spiro atoms. The van der Waals surface area contributed by atoms with E-state index in [1.165, 1.54) is 18.7 Å². The normalized spacial score (nSPS) is 15.8. The summed E-state index contributed by atoms with van der Waals surface area (Å²) in [5, 5.41) is 13.1. The SMILES string of the molecule is O=C1/C(=C/n2cnc(-c3cc(C(F)(F)F)cc(C(F)(F)F)c3)n2)N(Cc2cncnc2)C(=O)N1CCO. The minimum atomic E-state index is -5.06. The Labute approximate surface area is 203 Å². The van der Waals surface area contributed by atoms with Crippen LogP contribution in [0.5, 0.6) is 0 Å². The smallest absolute Gasteiger partial charge is 0.395 e. The Bertz CT molecular complexity index is 1320. The van der Waals surface area contributed by atoms with Crippen LogP contribution in [0, 0.1) is 0 Å². The van der Waals surface area contributed by atoms with Crippen molar-refractivity contribution in [3.8, 4) is 11.4 Å². The van der Waals surface area contributed by atoms with Gasteiger partial charge >= 0.3 is 18.4 Å². The van der Waals surface area contributed by atoms with Gasteiger partial charge in [-0.05, 0) is 18.2 Å². The molecule has 10 nitrogen and oxygen atoms in total. The van der Waals surface area contributed by atoms with Gasteiger partial charge < -0.3 is 5.11 Å². The van der Waals surface area contributed by atoms with Crippen molar-refractivity contribution in [1.82, 2.24) is 34.5 Å². The lowest BCUT2D eigenvalue weighted by Gasteiger charge is -2.16. The summed E-state index contributed by atoms with van der Waals surface area (Å²) in [7, 11) is 0. The van der Waals surface area contributed by atoms with Gasteiger partial charge in [0.15, 0.2) is 5.82 Å². The summed E-state index contributed by atoms with van der Waals surface area (Å²) in [6.45, 7) is -0.981. The highest BCUT2D eigenvalue weighted by Gasteiger charge is 2.41. The van der Waals surface area contributed by atoms with Crippen LogP contribution in [-0.2, 0) is 23.7 Å². The fourth-order valence-electron chi connectivity index (χ4n) is 3.44. The van der Waals surface area contributed by atoms with E-state index in [-0.39, 0.29) is 24.9 Å². The number of β-amino-alcohol motifs (C(OH)–C–C–N with tert-alkyl or cyclic N) is 1. The minimum Gasteiger partial charge on any atom is -0.395 e.